The van der Waals surface area contributed by atoms with Gasteiger partial charge in [-0.3, -0.25) is 14.9 Å². The topological polar surface area (TPSA) is 109 Å². The first-order valence-electron chi connectivity index (χ1n) is 8.41. The van der Waals surface area contributed by atoms with Crippen LogP contribution in [0.5, 0.6) is 0 Å². The van der Waals surface area contributed by atoms with Crippen LogP contribution in [0.1, 0.15) is 11.3 Å². The average molecular weight is 408 g/mol. The lowest BCUT2D eigenvalue weighted by Gasteiger charge is -2.03. The number of hydrogen-bond donors (Lipinski definition) is 1. The van der Waals surface area contributed by atoms with Gasteiger partial charge in [0.05, 0.1) is 4.92 Å². The van der Waals surface area contributed by atoms with Gasteiger partial charge in [0.1, 0.15) is 23.2 Å². The second kappa shape index (κ2) is 8.42. The number of nitro groups is 1. The highest BCUT2D eigenvalue weighted by Gasteiger charge is 2.15. The number of hydrogen-bond acceptors (Lipinski definition) is 5. The van der Waals surface area contributed by atoms with Crippen molar-refractivity contribution in [3.05, 3.63) is 86.6 Å². The zero-order valence-electron chi connectivity index (χ0n) is 15.2. The maximum atomic E-state index is 12.3. The van der Waals surface area contributed by atoms with E-state index in [2.05, 4.69) is 5.32 Å². The van der Waals surface area contributed by atoms with Crippen LogP contribution in [0.3, 0.4) is 0 Å². The predicted molar refractivity (Wildman–Crippen MR) is 109 cm³/mol. The first-order valence-corrected chi connectivity index (χ1v) is 8.79. The van der Waals surface area contributed by atoms with Crippen LogP contribution in [-0.4, -0.2) is 10.8 Å². The number of anilines is 1. The summed E-state index contributed by atoms with van der Waals surface area (Å²) in [5, 5.41) is 23.6. The number of carbonyl (C=O) groups is 1. The monoisotopic (exact) mass is 407 g/mol. The Morgan fingerprint density at radius 2 is 1.93 bits per heavy atom. The highest BCUT2D eigenvalue weighted by Crippen LogP contribution is 2.29. The average Bonchev–Trinajstić information content (AvgIpc) is 3.16. The fourth-order valence-corrected chi connectivity index (χ4v) is 2.69. The summed E-state index contributed by atoms with van der Waals surface area (Å²) in [5.41, 5.74) is 1.38. The van der Waals surface area contributed by atoms with Crippen molar-refractivity contribution in [2.45, 2.75) is 6.92 Å². The highest BCUT2D eigenvalue weighted by molar-refractivity contribution is 6.30. The van der Waals surface area contributed by atoms with Crippen LogP contribution >= 0.6 is 11.6 Å². The highest BCUT2D eigenvalue weighted by atomic mass is 35.5. The molecular formula is C21H14ClN3O4. The lowest BCUT2D eigenvalue weighted by molar-refractivity contribution is -0.385. The van der Waals surface area contributed by atoms with Crippen LogP contribution in [0.4, 0.5) is 11.4 Å². The fraction of sp³-hybridized carbons (Fsp3) is 0.0476. The third kappa shape index (κ3) is 4.69. The number of amides is 1. The number of nitrogens with zero attached hydrogens (tertiary/aromatic N) is 2. The van der Waals surface area contributed by atoms with Gasteiger partial charge < -0.3 is 9.73 Å². The number of nitrogens with one attached hydrogen (secondary N) is 1. The van der Waals surface area contributed by atoms with Crippen LogP contribution in [0.15, 0.2) is 64.6 Å². The summed E-state index contributed by atoms with van der Waals surface area (Å²) in [6.45, 7) is 1.65. The van der Waals surface area contributed by atoms with Crippen LogP contribution in [0.2, 0.25) is 5.02 Å². The van der Waals surface area contributed by atoms with E-state index in [0.29, 0.717) is 27.6 Å². The van der Waals surface area contributed by atoms with Crippen LogP contribution in [0.25, 0.3) is 17.4 Å². The van der Waals surface area contributed by atoms with Crippen molar-refractivity contribution in [2.24, 2.45) is 0 Å². The lowest BCUT2D eigenvalue weighted by Crippen LogP contribution is -2.13. The molecule has 3 rings (SSSR count). The van der Waals surface area contributed by atoms with E-state index >= 15 is 0 Å². The third-order valence-corrected chi connectivity index (χ3v) is 4.32. The lowest BCUT2D eigenvalue weighted by atomic mass is 10.1. The maximum absolute atomic E-state index is 12.3. The molecule has 0 saturated carbocycles. The van der Waals surface area contributed by atoms with Gasteiger partial charge in [-0.25, -0.2) is 0 Å². The minimum atomic E-state index is -0.598. The molecule has 29 heavy (non-hydrogen) atoms. The number of benzene rings is 2. The predicted octanol–water partition coefficient (Wildman–Crippen LogP) is 5.36. The minimum absolute atomic E-state index is 0.0175. The Morgan fingerprint density at radius 1 is 1.21 bits per heavy atom. The molecule has 7 nitrogen and oxygen atoms in total. The molecule has 3 aromatic rings. The molecule has 1 amide bonds. The number of aryl methyl sites for hydroxylation is 1. The molecule has 0 aliphatic rings. The molecule has 0 fully saturated rings. The third-order valence-electron chi connectivity index (χ3n) is 4.07. The SMILES string of the molecule is Cc1ccc(-c2ccc(/C=C(/C#N)C(=O)Nc3ccc(Cl)cc3)o2)cc1[N+](=O)[O-]. The van der Waals surface area contributed by atoms with Gasteiger partial charge in [-0.05, 0) is 43.3 Å². The van der Waals surface area contributed by atoms with Gasteiger partial charge in [-0.2, -0.15) is 5.26 Å². The summed E-state index contributed by atoms with van der Waals surface area (Å²) in [6.07, 6.45) is 1.30. The molecule has 1 heterocycles. The van der Waals surface area contributed by atoms with Crippen molar-refractivity contribution >= 4 is 35.0 Å². The Balaban J connectivity index is 1.83. The van der Waals surface area contributed by atoms with Gasteiger partial charge in [-0.1, -0.05) is 23.7 Å². The largest absolute Gasteiger partial charge is 0.457 e. The molecule has 0 unspecified atom stereocenters. The van der Waals surface area contributed by atoms with E-state index in [1.807, 2.05) is 6.07 Å². The van der Waals surface area contributed by atoms with E-state index in [4.69, 9.17) is 16.0 Å². The van der Waals surface area contributed by atoms with Crippen molar-refractivity contribution < 1.29 is 14.1 Å². The van der Waals surface area contributed by atoms with E-state index < -0.39 is 10.8 Å². The van der Waals surface area contributed by atoms with Crippen LogP contribution in [0, 0.1) is 28.4 Å². The summed E-state index contributed by atoms with van der Waals surface area (Å²) >= 11 is 5.81. The van der Waals surface area contributed by atoms with Gasteiger partial charge in [0.25, 0.3) is 11.6 Å². The number of rotatable bonds is 5. The number of carbonyl (C=O) groups excluding carboxylic acids is 1. The summed E-state index contributed by atoms with van der Waals surface area (Å²) in [7, 11) is 0. The van der Waals surface area contributed by atoms with Crippen LogP contribution < -0.4 is 5.32 Å². The molecule has 0 aliphatic carbocycles. The molecule has 2 aromatic carbocycles. The maximum Gasteiger partial charge on any atom is 0.273 e. The van der Waals surface area contributed by atoms with Gasteiger partial charge in [0.15, 0.2) is 0 Å². The molecule has 0 bridgehead atoms. The standard InChI is InChI=1S/C21H14ClN3O4/c1-13-2-3-14(11-19(13)25(27)28)20-9-8-18(29-20)10-15(12-23)21(26)24-17-6-4-16(22)5-7-17/h2-11H,1H3,(H,24,26)/b15-10-. The Bertz CT molecular complexity index is 1160. The van der Waals surface area contributed by atoms with E-state index in [0.717, 1.165) is 0 Å². The molecule has 8 heteroatoms. The van der Waals surface area contributed by atoms with E-state index in [1.54, 1.807) is 55.5 Å². The molecule has 1 aromatic heterocycles. The van der Waals surface area contributed by atoms with Crippen molar-refractivity contribution in [1.29, 1.82) is 5.26 Å². The number of halogens is 1. The van der Waals surface area contributed by atoms with Gasteiger partial charge in [-0.15, -0.1) is 0 Å². The molecule has 0 atom stereocenters. The zero-order valence-corrected chi connectivity index (χ0v) is 15.9. The van der Waals surface area contributed by atoms with Gasteiger partial charge in [0.2, 0.25) is 0 Å². The number of nitro benzene ring substituents is 1. The molecule has 0 saturated heterocycles. The summed E-state index contributed by atoms with van der Waals surface area (Å²) in [5.74, 6) is 0.0551. The number of furan rings is 1. The Morgan fingerprint density at radius 3 is 2.59 bits per heavy atom. The van der Waals surface area contributed by atoms with Gasteiger partial charge in [0, 0.05) is 34.0 Å². The Kier molecular flexibility index (Phi) is 5.77. The van der Waals surface area contributed by atoms with Crippen molar-refractivity contribution in [3.8, 4) is 17.4 Å². The summed E-state index contributed by atoms with van der Waals surface area (Å²) in [6, 6.07) is 16.2. The molecule has 144 valence electrons. The Hall–Kier alpha value is -3.89. The Labute approximate surface area is 171 Å². The van der Waals surface area contributed by atoms with E-state index in [-0.39, 0.29) is 17.0 Å². The first kappa shape index (κ1) is 19.9. The smallest absolute Gasteiger partial charge is 0.273 e. The summed E-state index contributed by atoms with van der Waals surface area (Å²) < 4.78 is 5.65. The molecule has 0 spiro atoms. The van der Waals surface area contributed by atoms with Gasteiger partial charge >= 0.3 is 0 Å². The van der Waals surface area contributed by atoms with Crippen molar-refractivity contribution in [3.63, 3.8) is 0 Å². The second-order valence-corrected chi connectivity index (χ2v) is 6.53. The normalized spacial score (nSPS) is 11.0. The molecule has 0 radical (unpaired) electrons. The van der Waals surface area contributed by atoms with Crippen LogP contribution in [-0.2, 0) is 4.79 Å². The molecular weight excluding hydrogens is 394 g/mol. The summed E-state index contributed by atoms with van der Waals surface area (Å²) in [4.78, 5) is 23.0. The molecule has 0 aliphatic heterocycles. The van der Waals surface area contributed by atoms with E-state index in [1.165, 1.54) is 12.1 Å². The molecule has 1 N–H and O–H groups in total. The van der Waals surface area contributed by atoms with Crippen molar-refractivity contribution in [1.82, 2.24) is 0 Å². The quantitative estimate of drug-likeness (QED) is 0.265. The second-order valence-electron chi connectivity index (χ2n) is 6.09. The zero-order chi connectivity index (χ0) is 21.0. The first-order chi connectivity index (χ1) is 13.9. The van der Waals surface area contributed by atoms with Crippen molar-refractivity contribution in [2.75, 3.05) is 5.32 Å². The van der Waals surface area contributed by atoms with E-state index in [9.17, 15) is 20.2 Å². The fourth-order valence-electron chi connectivity index (χ4n) is 2.57. The number of nitriles is 1. The minimum Gasteiger partial charge on any atom is -0.457 e.